The van der Waals surface area contributed by atoms with Crippen LogP contribution in [0.3, 0.4) is 0 Å². The lowest BCUT2D eigenvalue weighted by Crippen LogP contribution is -2.19. The third kappa shape index (κ3) is 3.26. The zero-order chi connectivity index (χ0) is 13.8. The van der Waals surface area contributed by atoms with Gasteiger partial charge in [-0.25, -0.2) is 0 Å². The van der Waals surface area contributed by atoms with Crippen LogP contribution in [0.5, 0.6) is 0 Å². The zero-order valence-corrected chi connectivity index (χ0v) is 11.5. The summed E-state index contributed by atoms with van der Waals surface area (Å²) in [5.41, 5.74) is 2.58. The Morgan fingerprint density at radius 3 is 3.00 bits per heavy atom. The molecule has 0 aliphatic heterocycles. The normalized spacial score (nSPS) is 11.1. The molecule has 0 saturated heterocycles. The third-order valence-electron chi connectivity index (χ3n) is 2.73. The van der Waals surface area contributed by atoms with Gasteiger partial charge >= 0.3 is 0 Å². The first-order valence-electron chi connectivity index (χ1n) is 5.84. The lowest BCUT2D eigenvalue weighted by molar-refractivity contribution is -0.116. The molecule has 0 spiro atoms. The van der Waals surface area contributed by atoms with E-state index in [0.29, 0.717) is 11.7 Å². The highest BCUT2D eigenvalue weighted by Gasteiger charge is 2.08. The maximum atomic E-state index is 11.7. The summed E-state index contributed by atoms with van der Waals surface area (Å²) in [6.07, 6.45) is 6.79. The van der Waals surface area contributed by atoms with E-state index in [9.17, 15) is 4.79 Å². The summed E-state index contributed by atoms with van der Waals surface area (Å²) in [4.78, 5) is 14.6. The molecule has 0 bridgehead atoms. The van der Waals surface area contributed by atoms with Crippen LogP contribution in [-0.4, -0.2) is 20.7 Å². The molecule has 2 aromatic rings. The molecule has 2 rings (SSSR count). The number of carbonyl (C=O) groups excluding carboxylic acids is 1. The van der Waals surface area contributed by atoms with Crippen molar-refractivity contribution in [2.45, 2.75) is 13.5 Å². The van der Waals surface area contributed by atoms with Gasteiger partial charge in [-0.1, -0.05) is 11.6 Å². The van der Waals surface area contributed by atoms with Gasteiger partial charge in [-0.2, -0.15) is 5.10 Å². The van der Waals surface area contributed by atoms with Crippen molar-refractivity contribution in [3.8, 4) is 0 Å². The van der Waals surface area contributed by atoms with Crippen LogP contribution in [0.15, 0.2) is 24.5 Å². The number of halogens is 1. The van der Waals surface area contributed by atoms with Crippen LogP contribution >= 0.6 is 11.6 Å². The monoisotopic (exact) mass is 278 g/mol. The number of rotatable bonds is 4. The number of amides is 1. The maximum Gasteiger partial charge on any atom is 0.244 e. The second-order valence-corrected chi connectivity index (χ2v) is 4.54. The second kappa shape index (κ2) is 5.75. The Labute approximate surface area is 116 Å². The van der Waals surface area contributed by atoms with E-state index >= 15 is 0 Å². The minimum Gasteiger partial charge on any atom is -0.367 e. The molecule has 19 heavy (non-hydrogen) atoms. The fourth-order valence-electron chi connectivity index (χ4n) is 1.71. The Bertz CT molecular complexity index is 598. The predicted octanol–water partition coefficient (Wildman–Crippen LogP) is 2.04. The Morgan fingerprint density at radius 2 is 2.42 bits per heavy atom. The first-order valence-corrected chi connectivity index (χ1v) is 6.22. The standard InChI is InChI=1S/C13H15ClN4O/c1-9-11(13(14)18(2)17-9)3-4-12(19)16-8-10-5-6-15-7-10/h3-7,15H,8H2,1-2H3,(H,16,19)/b4-3+. The maximum absolute atomic E-state index is 11.7. The van der Waals surface area contributed by atoms with E-state index < -0.39 is 0 Å². The highest BCUT2D eigenvalue weighted by molar-refractivity contribution is 6.31. The van der Waals surface area contributed by atoms with Crippen molar-refractivity contribution >= 4 is 23.6 Å². The van der Waals surface area contributed by atoms with Crippen molar-refractivity contribution in [1.29, 1.82) is 0 Å². The van der Waals surface area contributed by atoms with E-state index in [2.05, 4.69) is 15.4 Å². The number of nitrogens with one attached hydrogen (secondary N) is 2. The van der Waals surface area contributed by atoms with Gasteiger partial charge in [0.15, 0.2) is 0 Å². The summed E-state index contributed by atoms with van der Waals surface area (Å²) in [7, 11) is 1.76. The third-order valence-corrected chi connectivity index (χ3v) is 3.17. The van der Waals surface area contributed by atoms with Crippen LogP contribution in [0.1, 0.15) is 16.8 Å². The van der Waals surface area contributed by atoms with Gasteiger partial charge < -0.3 is 10.3 Å². The van der Waals surface area contributed by atoms with Gasteiger partial charge in [0.1, 0.15) is 5.15 Å². The second-order valence-electron chi connectivity index (χ2n) is 4.18. The minimum atomic E-state index is -0.166. The van der Waals surface area contributed by atoms with E-state index in [0.717, 1.165) is 16.8 Å². The van der Waals surface area contributed by atoms with Gasteiger partial charge in [-0.15, -0.1) is 0 Å². The van der Waals surface area contributed by atoms with E-state index in [1.54, 1.807) is 17.8 Å². The molecule has 0 unspecified atom stereocenters. The van der Waals surface area contributed by atoms with E-state index in [-0.39, 0.29) is 5.91 Å². The molecule has 2 N–H and O–H groups in total. The summed E-state index contributed by atoms with van der Waals surface area (Å²) in [6.45, 7) is 2.34. The van der Waals surface area contributed by atoms with Crippen LogP contribution in [0, 0.1) is 6.92 Å². The fraction of sp³-hybridized carbons (Fsp3) is 0.231. The van der Waals surface area contributed by atoms with Gasteiger partial charge in [0.2, 0.25) is 5.91 Å². The number of aryl methyl sites for hydroxylation is 2. The number of carbonyl (C=O) groups is 1. The summed E-state index contributed by atoms with van der Waals surface area (Å²) in [5, 5.41) is 7.48. The Kier molecular flexibility index (Phi) is 4.06. The molecule has 0 fully saturated rings. The highest BCUT2D eigenvalue weighted by Crippen LogP contribution is 2.19. The van der Waals surface area contributed by atoms with Crippen LogP contribution in [0.25, 0.3) is 6.08 Å². The van der Waals surface area contributed by atoms with Crippen LogP contribution < -0.4 is 5.32 Å². The summed E-state index contributed by atoms with van der Waals surface area (Å²) in [6, 6.07) is 1.91. The molecule has 0 atom stereocenters. The molecule has 5 nitrogen and oxygen atoms in total. The SMILES string of the molecule is Cc1nn(C)c(Cl)c1/C=C/C(=O)NCc1cc[nH]c1. The number of hydrogen-bond donors (Lipinski definition) is 2. The topological polar surface area (TPSA) is 62.7 Å². The number of nitrogens with zero attached hydrogens (tertiary/aromatic N) is 2. The molecule has 100 valence electrons. The molecule has 2 heterocycles. The highest BCUT2D eigenvalue weighted by atomic mass is 35.5. The van der Waals surface area contributed by atoms with Gasteiger partial charge in [0, 0.05) is 37.6 Å². The molecule has 1 amide bonds. The largest absolute Gasteiger partial charge is 0.367 e. The first-order chi connectivity index (χ1) is 9.08. The lowest BCUT2D eigenvalue weighted by atomic mass is 10.2. The average Bonchev–Trinajstić information content (AvgIpc) is 2.96. The molecule has 6 heteroatoms. The molecule has 0 radical (unpaired) electrons. The quantitative estimate of drug-likeness (QED) is 0.841. The molecular formula is C13H15ClN4O. The number of aromatic amines is 1. The van der Waals surface area contributed by atoms with Crippen LogP contribution in [0.4, 0.5) is 0 Å². The van der Waals surface area contributed by atoms with Crippen molar-refractivity contribution < 1.29 is 4.79 Å². The number of H-pyrrole nitrogens is 1. The Balaban J connectivity index is 1.96. The summed E-state index contributed by atoms with van der Waals surface area (Å²) >= 11 is 6.07. The average molecular weight is 279 g/mol. The van der Waals surface area contributed by atoms with Crippen molar-refractivity contribution in [2.75, 3.05) is 0 Å². The summed E-state index contributed by atoms with van der Waals surface area (Å²) in [5.74, 6) is -0.166. The predicted molar refractivity (Wildman–Crippen MR) is 74.6 cm³/mol. The van der Waals surface area contributed by atoms with Gasteiger partial charge in [-0.05, 0) is 24.6 Å². The molecular weight excluding hydrogens is 264 g/mol. The van der Waals surface area contributed by atoms with E-state index in [1.807, 2.05) is 25.4 Å². The smallest absolute Gasteiger partial charge is 0.244 e. The zero-order valence-electron chi connectivity index (χ0n) is 10.8. The molecule has 0 aliphatic carbocycles. The van der Waals surface area contributed by atoms with Crippen molar-refractivity contribution in [3.05, 3.63) is 46.5 Å². The van der Waals surface area contributed by atoms with Crippen LogP contribution in [-0.2, 0) is 18.4 Å². The molecule has 0 aliphatic rings. The summed E-state index contributed by atoms with van der Waals surface area (Å²) < 4.78 is 1.58. The fourth-order valence-corrected chi connectivity index (χ4v) is 1.95. The van der Waals surface area contributed by atoms with Gasteiger partial charge in [0.25, 0.3) is 0 Å². The van der Waals surface area contributed by atoms with Crippen molar-refractivity contribution in [2.24, 2.45) is 7.05 Å². The lowest BCUT2D eigenvalue weighted by Gasteiger charge is -1.99. The van der Waals surface area contributed by atoms with Crippen LogP contribution in [0.2, 0.25) is 5.15 Å². The van der Waals surface area contributed by atoms with E-state index in [1.165, 1.54) is 6.08 Å². The van der Waals surface area contributed by atoms with Gasteiger partial charge in [0.05, 0.1) is 5.69 Å². The minimum absolute atomic E-state index is 0.166. The van der Waals surface area contributed by atoms with Crippen molar-refractivity contribution in [3.63, 3.8) is 0 Å². The molecule has 2 aromatic heterocycles. The number of hydrogen-bond acceptors (Lipinski definition) is 2. The Morgan fingerprint density at radius 1 is 1.63 bits per heavy atom. The van der Waals surface area contributed by atoms with Gasteiger partial charge in [-0.3, -0.25) is 9.48 Å². The van der Waals surface area contributed by atoms with Crippen molar-refractivity contribution in [1.82, 2.24) is 20.1 Å². The molecule has 0 aromatic carbocycles. The number of aromatic nitrogens is 3. The molecule has 0 saturated carbocycles. The van der Waals surface area contributed by atoms with E-state index in [4.69, 9.17) is 11.6 Å². The Hall–Kier alpha value is -2.01. The first kappa shape index (κ1) is 13.4.